The Balaban J connectivity index is 1.06. The summed E-state index contributed by atoms with van der Waals surface area (Å²) < 4.78 is 5.00. The van der Waals surface area contributed by atoms with Gasteiger partial charge in [-0.25, -0.2) is 0 Å². The molecule has 0 N–H and O–H groups in total. The molecule has 0 fully saturated rings. The lowest BCUT2D eigenvalue weighted by Gasteiger charge is -2.46. The average Bonchev–Trinajstić information content (AvgIpc) is 3.92. The molecule has 5 heterocycles. The second kappa shape index (κ2) is 14.5. The van der Waals surface area contributed by atoms with Crippen molar-refractivity contribution in [2.75, 3.05) is 14.7 Å². The molecule has 0 saturated carbocycles. The molecule has 0 spiro atoms. The van der Waals surface area contributed by atoms with Crippen LogP contribution in [0.5, 0.6) is 0 Å². The van der Waals surface area contributed by atoms with Gasteiger partial charge in [-0.15, -0.1) is 11.3 Å². The van der Waals surface area contributed by atoms with E-state index >= 15 is 0 Å². The highest BCUT2D eigenvalue weighted by Gasteiger charge is 2.46. The van der Waals surface area contributed by atoms with Crippen molar-refractivity contribution in [1.82, 2.24) is 4.57 Å². The van der Waals surface area contributed by atoms with Crippen molar-refractivity contribution in [2.45, 2.75) is 52.4 Å². The Morgan fingerprint density at radius 3 is 1.81 bits per heavy atom. The van der Waals surface area contributed by atoms with Gasteiger partial charge in [0.05, 0.1) is 39.7 Å². The molecule has 7 heteroatoms. The summed E-state index contributed by atoms with van der Waals surface area (Å²) in [6, 6.07) is 70.3. The zero-order valence-corrected chi connectivity index (χ0v) is 40.9. The normalized spacial score (nSPS) is 13.5. The van der Waals surface area contributed by atoms with Gasteiger partial charge in [0, 0.05) is 70.8 Å². The Morgan fingerprint density at radius 1 is 0.486 bits per heavy atom. The molecule has 70 heavy (non-hydrogen) atoms. The molecule has 3 aliphatic heterocycles. The summed E-state index contributed by atoms with van der Waals surface area (Å²) in [6.45, 7) is 13.5. The molecule has 14 rings (SSSR count). The van der Waals surface area contributed by atoms with Gasteiger partial charge in [-0.1, -0.05) is 133 Å². The van der Waals surface area contributed by atoms with Crippen LogP contribution < -0.4 is 31.1 Å². The number of fused-ring (bicyclic) bond motifs is 12. The first-order valence-corrected chi connectivity index (χ1v) is 25.2. The minimum Gasteiger partial charge on any atom is -0.311 e. The van der Waals surface area contributed by atoms with Gasteiger partial charge in [0.2, 0.25) is 0 Å². The monoisotopic (exact) mass is 917 g/mol. The Bertz CT molecular complexity index is 4010. The minimum atomic E-state index is -0.122. The fourth-order valence-corrected chi connectivity index (χ4v) is 13.0. The number of hydrogen-bond donors (Lipinski definition) is 0. The van der Waals surface area contributed by atoms with Crippen LogP contribution in [0, 0.1) is 11.3 Å². The van der Waals surface area contributed by atoms with E-state index in [0.29, 0.717) is 5.56 Å². The summed E-state index contributed by atoms with van der Waals surface area (Å²) in [5.74, 6) is 0. The Morgan fingerprint density at radius 2 is 1.10 bits per heavy atom. The maximum Gasteiger partial charge on any atom is 0.252 e. The van der Waals surface area contributed by atoms with Gasteiger partial charge in [-0.05, 0) is 129 Å². The summed E-state index contributed by atoms with van der Waals surface area (Å²) in [5, 5.41) is 16.0. The summed E-state index contributed by atoms with van der Waals surface area (Å²) in [7, 11) is 0. The fourth-order valence-electron chi connectivity index (χ4n) is 11.9. The molecule has 0 amide bonds. The molecular formula is C63H48BN5S. The quantitative estimate of drug-likeness (QED) is 0.165. The molecule has 0 atom stereocenters. The Hall–Kier alpha value is -8.05. The van der Waals surface area contributed by atoms with Crippen LogP contribution in [-0.4, -0.2) is 11.3 Å². The predicted octanol–water partition coefficient (Wildman–Crippen LogP) is 15.5. The lowest BCUT2D eigenvalue weighted by Crippen LogP contribution is -2.61. The third kappa shape index (κ3) is 5.78. The standard InChI is InChI=1S/C63H48BN5S/c1-62(2,3)39-21-25-41(26-22-39)66(42-27-23-40(24-28-42)63(4,5)6)44-29-31-49-54(36-44)67(43-30-32-58-48(35-43)46-14-8-10-20-57(46)70-58)55-33-38(37-65)34-56-59(55)64(49)50-16-12-19-53-61(50)69(56)52-18-11-15-47-45-13-7-9-17-51(45)68(53)60(47)52/h7-36H,1-6H3. The maximum atomic E-state index is 11.1. The first-order valence-electron chi connectivity index (χ1n) is 24.3. The molecule has 9 aromatic carbocycles. The van der Waals surface area contributed by atoms with Crippen molar-refractivity contribution >= 4 is 128 Å². The van der Waals surface area contributed by atoms with E-state index in [4.69, 9.17) is 0 Å². The minimum absolute atomic E-state index is 0.0161. The number of nitriles is 1. The lowest BCUT2D eigenvalue weighted by molar-refractivity contribution is 0.590. The van der Waals surface area contributed by atoms with Crippen LogP contribution in [0.1, 0.15) is 58.2 Å². The van der Waals surface area contributed by atoms with Crippen molar-refractivity contribution in [3.63, 3.8) is 0 Å². The number of benzene rings is 9. The zero-order valence-electron chi connectivity index (χ0n) is 40.0. The number of rotatable bonds is 4. The van der Waals surface area contributed by atoms with E-state index in [-0.39, 0.29) is 17.5 Å². The van der Waals surface area contributed by atoms with E-state index in [1.165, 1.54) is 69.5 Å². The Labute approximate surface area is 412 Å². The lowest BCUT2D eigenvalue weighted by atomic mass is 9.33. The summed E-state index contributed by atoms with van der Waals surface area (Å²) in [4.78, 5) is 7.34. The predicted molar refractivity (Wildman–Crippen MR) is 298 cm³/mol. The first-order chi connectivity index (χ1) is 33.9. The van der Waals surface area contributed by atoms with Crippen LogP contribution in [0.3, 0.4) is 0 Å². The Kier molecular flexibility index (Phi) is 8.48. The summed E-state index contributed by atoms with van der Waals surface area (Å²) in [5.41, 5.74) is 20.2. The average molecular weight is 918 g/mol. The van der Waals surface area contributed by atoms with Gasteiger partial charge in [-0.3, -0.25) is 0 Å². The molecule has 0 unspecified atom stereocenters. The van der Waals surface area contributed by atoms with Crippen LogP contribution >= 0.6 is 11.3 Å². The van der Waals surface area contributed by atoms with Crippen LogP contribution in [-0.2, 0) is 10.8 Å². The zero-order chi connectivity index (χ0) is 47.4. The molecule has 0 bridgehead atoms. The molecule has 0 aliphatic carbocycles. The van der Waals surface area contributed by atoms with E-state index in [0.717, 1.165) is 56.9 Å². The van der Waals surface area contributed by atoms with Gasteiger partial charge in [-0.2, -0.15) is 5.26 Å². The van der Waals surface area contributed by atoms with Crippen LogP contribution in [0.25, 0.3) is 47.7 Å². The highest BCUT2D eigenvalue weighted by atomic mass is 32.1. The van der Waals surface area contributed by atoms with E-state index in [1.807, 2.05) is 11.3 Å². The number of para-hydroxylation sites is 3. The maximum absolute atomic E-state index is 11.1. The highest BCUT2D eigenvalue weighted by Crippen LogP contribution is 2.53. The van der Waals surface area contributed by atoms with E-state index in [9.17, 15) is 5.26 Å². The molecule has 2 aromatic heterocycles. The van der Waals surface area contributed by atoms with Crippen molar-refractivity contribution < 1.29 is 0 Å². The second-order valence-corrected chi connectivity index (χ2v) is 22.4. The van der Waals surface area contributed by atoms with E-state index in [1.54, 1.807) is 0 Å². The summed E-state index contributed by atoms with van der Waals surface area (Å²) >= 11 is 1.84. The number of hydrogen-bond acceptors (Lipinski definition) is 5. The molecule has 3 aliphatic rings. The largest absolute Gasteiger partial charge is 0.311 e. The highest BCUT2D eigenvalue weighted by molar-refractivity contribution is 7.25. The van der Waals surface area contributed by atoms with E-state index in [2.05, 4.69) is 249 Å². The fraction of sp³-hybridized carbons (Fsp3) is 0.127. The topological polar surface area (TPSA) is 38.4 Å². The molecule has 0 radical (unpaired) electrons. The van der Waals surface area contributed by atoms with Crippen molar-refractivity contribution in [2.24, 2.45) is 0 Å². The first kappa shape index (κ1) is 41.0. The number of anilines is 9. The molecule has 334 valence electrons. The second-order valence-electron chi connectivity index (χ2n) is 21.3. The van der Waals surface area contributed by atoms with Gasteiger partial charge in [0.1, 0.15) is 0 Å². The van der Waals surface area contributed by atoms with Gasteiger partial charge in [0.25, 0.3) is 6.71 Å². The van der Waals surface area contributed by atoms with E-state index < -0.39 is 0 Å². The number of thiophene rings is 1. The van der Waals surface area contributed by atoms with Crippen molar-refractivity contribution in [3.8, 4) is 11.8 Å². The smallest absolute Gasteiger partial charge is 0.252 e. The van der Waals surface area contributed by atoms with Crippen LogP contribution in [0.2, 0.25) is 0 Å². The van der Waals surface area contributed by atoms with Crippen molar-refractivity contribution in [1.29, 1.82) is 5.26 Å². The van der Waals surface area contributed by atoms with Crippen LogP contribution in [0.15, 0.2) is 182 Å². The SMILES string of the molecule is CC(C)(C)c1ccc(N(c2ccc(C(C)(C)C)cc2)c2ccc3c(c2)N(c2ccc4sc5ccccc5c4c2)c2cc(C#N)cc4c2B3c2cccc3c2N4c2cccc4c5ccccc5n-3c24)cc1. The van der Waals surface area contributed by atoms with Gasteiger partial charge < -0.3 is 19.3 Å². The van der Waals surface area contributed by atoms with Gasteiger partial charge >= 0.3 is 0 Å². The molecule has 0 saturated heterocycles. The van der Waals surface area contributed by atoms with Gasteiger partial charge in [0.15, 0.2) is 0 Å². The molecular weight excluding hydrogens is 870 g/mol. The number of aromatic nitrogens is 1. The molecule has 5 nitrogen and oxygen atoms in total. The van der Waals surface area contributed by atoms with Crippen molar-refractivity contribution in [3.05, 3.63) is 199 Å². The third-order valence-electron chi connectivity index (χ3n) is 15.2. The summed E-state index contributed by atoms with van der Waals surface area (Å²) in [6.07, 6.45) is 0. The number of nitrogens with zero attached hydrogens (tertiary/aromatic N) is 5. The molecule has 11 aromatic rings. The third-order valence-corrected chi connectivity index (χ3v) is 16.3. The van der Waals surface area contributed by atoms with Crippen LogP contribution in [0.4, 0.5) is 51.2 Å².